The van der Waals surface area contributed by atoms with Gasteiger partial charge in [-0.25, -0.2) is 4.79 Å². The second-order valence-corrected chi connectivity index (χ2v) is 4.93. The minimum absolute atomic E-state index is 0.0909. The standard InChI is InChI=1S/C15H23N3O3/c1-11(2)17-14(19)12-5-7-13(8-6-12)18-15(20)16-9-4-10-21-3/h5-8,11H,4,9-10H2,1-3H3,(H,17,19)(H2,16,18,20). The number of hydrogen-bond donors (Lipinski definition) is 3. The Balaban J connectivity index is 2.43. The Labute approximate surface area is 125 Å². The van der Waals surface area contributed by atoms with E-state index in [1.54, 1.807) is 31.4 Å². The number of methoxy groups -OCH3 is 1. The lowest BCUT2D eigenvalue weighted by atomic mass is 10.2. The molecule has 21 heavy (non-hydrogen) atoms. The first-order valence-corrected chi connectivity index (χ1v) is 6.97. The van der Waals surface area contributed by atoms with Gasteiger partial charge in [0, 0.05) is 37.6 Å². The van der Waals surface area contributed by atoms with Crippen molar-refractivity contribution in [2.75, 3.05) is 25.6 Å². The summed E-state index contributed by atoms with van der Waals surface area (Å²) in [5.74, 6) is -0.124. The first-order chi connectivity index (χ1) is 10.0. The average molecular weight is 293 g/mol. The smallest absolute Gasteiger partial charge is 0.319 e. The van der Waals surface area contributed by atoms with Gasteiger partial charge in [-0.3, -0.25) is 4.79 Å². The van der Waals surface area contributed by atoms with Gasteiger partial charge < -0.3 is 20.7 Å². The minimum Gasteiger partial charge on any atom is -0.385 e. The largest absolute Gasteiger partial charge is 0.385 e. The zero-order valence-electron chi connectivity index (χ0n) is 12.7. The molecule has 0 atom stereocenters. The molecule has 0 fully saturated rings. The predicted molar refractivity (Wildman–Crippen MR) is 82.6 cm³/mol. The molecule has 0 bridgehead atoms. The van der Waals surface area contributed by atoms with Crippen LogP contribution in [0.25, 0.3) is 0 Å². The van der Waals surface area contributed by atoms with Gasteiger partial charge in [0.15, 0.2) is 0 Å². The summed E-state index contributed by atoms with van der Waals surface area (Å²) in [7, 11) is 1.62. The molecule has 116 valence electrons. The van der Waals surface area contributed by atoms with E-state index in [0.29, 0.717) is 24.4 Å². The molecular weight excluding hydrogens is 270 g/mol. The number of amides is 3. The summed E-state index contributed by atoms with van der Waals surface area (Å²) in [4.78, 5) is 23.4. The number of carbonyl (C=O) groups excluding carboxylic acids is 2. The van der Waals surface area contributed by atoms with Crippen molar-refractivity contribution in [3.05, 3.63) is 29.8 Å². The normalized spacial score (nSPS) is 10.3. The van der Waals surface area contributed by atoms with Gasteiger partial charge in [-0.05, 0) is 44.5 Å². The molecule has 0 unspecified atom stereocenters. The van der Waals surface area contributed by atoms with Crippen LogP contribution in [0.2, 0.25) is 0 Å². The van der Waals surface area contributed by atoms with Crippen LogP contribution < -0.4 is 16.0 Å². The van der Waals surface area contributed by atoms with Gasteiger partial charge in [0.05, 0.1) is 0 Å². The molecule has 0 aliphatic heterocycles. The van der Waals surface area contributed by atoms with Crippen molar-refractivity contribution in [2.24, 2.45) is 0 Å². The van der Waals surface area contributed by atoms with Gasteiger partial charge in [0.2, 0.25) is 0 Å². The highest BCUT2D eigenvalue weighted by molar-refractivity contribution is 5.95. The van der Waals surface area contributed by atoms with Gasteiger partial charge in [0.25, 0.3) is 5.91 Å². The third kappa shape index (κ3) is 6.76. The predicted octanol–water partition coefficient (Wildman–Crippen LogP) is 1.98. The second-order valence-electron chi connectivity index (χ2n) is 4.93. The van der Waals surface area contributed by atoms with Gasteiger partial charge >= 0.3 is 6.03 Å². The summed E-state index contributed by atoms with van der Waals surface area (Å²) in [5, 5.41) is 8.23. The fraction of sp³-hybridized carbons (Fsp3) is 0.467. The Hall–Kier alpha value is -2.08. The van der Waals surface area contributed by atoms with E-state index in [0.717, 1.165) is 6.42 Å². The van der Waals surface area contributed by atoms with E-state index in [1.807, 2.05) is 13.8 Å². The number of ether oxygens (including phenoxy) is 1. The monoisotopic (exact) mass is 293 g/mol. The molecule has 3 N–H and O–H groups in total. The van der Waals surface area contributed by atoms with E-state index in [1.165, 1.54) is 0 Å². The molecule has 0 saturated carbocycles. The number of hydrogen-bond acceptors (Lipinski definition) is 3. The summed E-state index contributed by atoms with van der Waals surface area (Å²) in [6.45, 7) is 4.97. The van der Waals surface area contributed by atoms with E-state index in [-0.39, 0.29) is 18.0 Å². The Morgan fingerprint density at radius 1 is 1.19 bits per heavy atom. The summed E-state index contributed by atoms with van der Waals surface area (Å²) in [6.07, 6.45) is 0.762. The number of carbonyl (C=O) groups is 2. The Morgan fingerprint density at radius 3 is 2.43 bits per heavy atom. The number of nitrogens with one attached hydrogen (secondary N) is 3. The first-order valence-electron chi connectivity index (χ1n) is 6.97. The molecular formula is C15H23N3O3. The molecule has 1 aromatic carbocycles. The molecule has 6 heteroatoms. The maximum absolute atomic E-state index is 11.8. The highest BCUT2D eigenvalue weighted by Gasteiger charge is 2.07. The van der Waals surface area contributed by atoms with Crippen molar-refractivity contribution in [1.29, 1.82) is 0 Å². The van der Waals surface area contributed by atoms with Crippen molar-refractivity contribution in [3.8, 4) is 0 Å². The van der Waals surface area contributed by atoms with Gasteiger partial charge in [-0.15, -0.1) is 0 Å². The van der Waals surface area contributed by atoms with Crippen LogP contribution in [-0.4, -0.2) is 38.2 Å². The third-order valence-corrected chi connectivity index (χ3v) is 2.64. The van der Waals surface area contributed by atoms with Gasteiger partial charge in [-0.1, -0.05) is 0 Å². The Bertz CT molecular complexity index is 458. The maximum Gasteiger partial charge on any atom is 0.319 e. The SMILES string of the molecule is COCCCNC(=O)Nc1ccc(C(=O)NC(C)C)cc1. The highest BCUT2D eigenvalue weighted by Crippen LogP contribution is 2.09. The van der Waals surface area contributed by atoms with Crippen LogP contribution in [0.5, 0.6) is 0 Å². The maximum atomic E-state index is 11.8. The second kappa shape index (κ2) is 8.97. The van der Waals surface area contributed by atoms with Gasteiger partial charge in [0.1, 0.15) is 0 Å². The molecule has 0 aromatic heterocycles. The third-order valence-electron chi connectivity index (χ3n) is 2.64. The topological polar surface area (TPSA) is 79.5 Å². The summed E-state index contributed by atoms with van der Waals surface area (Å²) >= 11 is 0. The summed E-state index contributed by atoms with van der Waals surface area (Å²) < 4.78 is 4.90. The van der Waals surface area contributed by atoms with Crippen molar-refractivity contribution in [3.63, 3.8) is 0 Å². The van der Waals surface area contributed by atoms with Crippen molar-refractivity contribution in [2.45, 2.75) is 26.3 Å². The van der Waals surface area contributed by atoms with Crippen LogP contribution in [0.4, 0.5) is 10.5 Å². The zero-order valence-corrected chi connectivity index (χ0v) is 12.7. The van der Waals surface area contributed by atoms with E-state index >= 15 is 0 Å². The molecule has 0 spiro atoms. The Kier molecular flexibility index (Phi) is 7.25. The lowest BCUT2D eigenvalue weighted by molar-refractivity contribution is 0.0943. The molecule has 6 nitrogen and oxygen atoms in total. The van der Waals surface area contributed by atoms with E-state index in [2.05, 4.69) is 16.0 Å². The molecule has 0 aliphatic carbocycles. The molecule has 0 aliphatic rings. The number of anilines is 1. The first kappa shape index (κ1) is 17.0. The van der Waals surface area contributed by atoms with Crippen LogP contribution in [0.15, 0.2) is 24.3 Å². The lowest BCUT2D eigenvalue weighted by Gasteiger charge is -2.10. The van der Waals surface area contributed by atoms with Crippen LogP contribution in [0.3, 0.4) is 0 Å². The Morgan fingerprint density at radius 2 is 1.86 bits per heavy atom. The van der Waals surface area contributed by atoms with Crippen LogP contribution in [0.1, 0.15) is 30.6 Å². The zero-order chi connectivity index (χ0) is 15.7. The fourth-order valence-corrected chi connectivity index (χ4v) is 1.64. The number of rotatable bonds is 7. The number of urea groups is 1. The average Bonchev–Trinajstić information content (AvgIpc) is 2.43. The van der Waals surface area contributed by atoms with E-state index in [9.17, 15) is 9.59 Å². The van der Waals surface area contributed by atoms with Crippen LogP contribution in [0, 0.1) is 0 Å². The minimum atomic E-state index is -0.273. The fourth-order valence-electron chi connectivity index (χ4n) is 1.64. The van der Waals surface area contributed by atoms with Crippen LogP contribution >= 0.6 is 0 Å². The summed E-state index contributed by atoms with van der Waals surface area (Å²) in [6, 6.07) is 6.57. The quantitative estimate of drug-likeness (QED) is 0.673. The van der Waals surface area contributed by atoms with Crippen LogP contribution in [-0.2, 0) is 4.74 Å². The molecule has 1 rings (SSSR count). The van der Waals surface area contributed by atoms with Crippen molar-refractivity contribution < 1.29 is 14.3 Å². The van der Waals surface area contributed by atoms with E-state index < -0.39 is 0 Å². The molecule has 1 aromatic rings. The summed E-state index contributed by atoms with van der Waals surface area (Å²) in [5.41, 5.74) is 1.20. The van der Waals surface area contributed by atoms with E-state index in [4.69, 9.17) is 4.74 Å². The molecule has 0 radical (unpaired) electrons. The van der Waals surface area contributed by atoms with Crippen molar-refractivity contribution in [1.82, 2.24) is 10.6 Å². The highest BCUT2D eigenvalue weighted by atomic mass is 16.5. The lowest BCUT2D eigenvalue weighted by Crippen LogP contribution is -2.30. The molecule has 3 amide bonds. The molecule has 0 saturated heterocycles. The molecule has 0 heterocycles. The van der Waals surface area contributed by atoms with Crippen molar-refractivity contribution >= 4 is 17.6 Å². The van der Waals surface area contributed by atoms with Gasteiger partial charge in [-0.2, -0.15) is 0 Å². The number of benzene rings is 1.